The molecule has 142 valence electrons. The normalized spacial score (nSPS) is 28.3. The van der Waals surface area contributed by atoms with Crippen LogP contribution in [0.5, 0.6) is 5.75 Å². The highest BCUT2D eigenvalue weighted by Gasteiger charge is 2.44. The van der Waals surface area contributed by atoms with Crippen LogP contribution in [0.4, 0.5) is 0 Å². The van der Waals surface area contributed by atoms with E-state index >= 15 is 0 Å². The maximum absolute atomic E-state index is 11.4. The van der Waals surface area contributed by atoms with Crippen LogP contribution in [0.15, 0.2) is 29.8 Å². The van der Waals surface area contributed by atoms with Crippen molar-refractivity contribution >= 4 is 17.6 Å². The summed E-state index contributed by atoms with van der Waals surface area (Å²) < 4.78 is 10.7. The molecule has 1 saturated heterocycles. The van der Waals surface area contributed by atoms with Crippen LogP contribution in [-0.4, -0.2) is 69.3 Å². The minimum atomic E-state index is -1.53. The van der Waals surface area contributed by atoms with Crippen molar-refractivity contribution in [2.24, 2.45) is 0 Å². The first-order valence-corrected chi connectivity index (χ1v) is 8.05. The van der Waals surface area contributed by atoms with Crippen molar-refractivity contribution in [1.29, 1.82) is 0 Å². The molecule has 8 nitrogen and oxygen atoms in total. The van der Waals surface area contributed by atoms with E-state index in [4.69, 9.17) is 14.6 Å². The van der Waals surface area contributed by atoms with Gasteiger partial charge in [0.15, 0.2) is 11.6 Å². The number of ketones is 2. The van der Waals surface area contributed by atoms with Crippen LogP contribution in [0.2, 0.25) is 0 Å². The molecule has 0 aliphatic carbocycles. The van der Waals surface area contributed by atoms with Crippen LogP contribution in [0.25, 0.3) is 6.08 Å². The van der Waals surface area contributed by atoms with E-state index in [2.05, 4.69) is 0 Å². The average molecular weight is 366 g/mol. The Morgan fingerprint density at radius 2 is 1.62 bits per heavy atom. The second-order valence-corrected chi connectivity index (χ2v) is 6.05. The SMILES string of the molecule is CC(=O)C(=Cc1ccc(O[C@@H]2O[C@H](CO)[C@@H](O)[C@H](O)[C@H]2O)cc1)C(C)=O. The van der Waals surface area contributed by atoms with E-state index in [1.54, 1.807) is 12.1 Å². The number of aliphatic hydroxyl groups excluding tert-OH is 4. The Labute approximate surface area is 150 Å². The molecule has 1 aliphatic heterocycles. The van der Waals surface area contributed by atoms with Crippen LogP contribution in [0, 0.1) is 0 Å². The molecule has 0 amide bonds. The quantitative estimate of drug-likeness (QED) is 0.299. The Morgan fingerprint density at radius 3 is 2.12 bits per heavy atom. The number of aliphatic hydroxyl groups is 4. The van der Waals surface area contributed by atoms with Gasteiger partial charge >= 0.3 is 0 Å². The molecule has 5 atom stereocenters. The molecule has 2 rings (SSSR count). The first-order valence-electron chi connectivity index (χ1n) is 8.05. The number of rotatable bonds is 6. The Kier molecular flexibility index (Phi) is 6.63. The molecule has 0 aromatic heterocycles. The van der Waals surface area contributed by atoms with Gasteiger partial charge in [-0.25, -0.2) is 0 Å². The second kappa shape index (κ2) is 8.52. The molecule has 0 bridgehead atoms. The summed E-state index contributed by atoms with van der Waals surface area (Å²) in [5.41, 5.74) is 0.680. The third kappa shape index (κ3) is 4.54. The Balaban J connectivity index is 2.13. The first kappa shape index (κ1) is 20.2. The van der Waals surface area contributed by atoms with Gasteiger partial charge in [-0.1, -0.05) is 12.1 Å². The highest BCUT2D eigenvalue weighted by molar-refractivity contribution is 6.21. The zero-order valence-electron chi connectivity index (χ0n) is 14.4. The predicted octanol–water partition coefficient (Wildman–Crippen LogP) is -0.573. The van der Waals surface area contributed by atoms with E-state index in [1.165, 1.54) is 32.1 Å². The van der Waals surface area contributed by atoms with Gasteiger partial charge in [-0.05, 0) is 37.6 Å². The molecular weight excluding hydrogens is 344 g/mol. The summed E-state index contributed by atoms with van der Waals surface area (Å²) in [5.74, 6) is -0.378. The predicted molar refractivity (Wildman–Crippen MR) is 90.2 cm³/mol. The molecule has 1 aromatic carbocycles. The molecule has 4 N–H and O–H groups in total. The Morgan fingerprint density at radius 1 is 1.04 bits per heavy atom. The van der Waals surface area contributed by atoms with Crippen molar-refractivity contribution in [2.75, 3.05) is 6.61 Å². The summed E-state index contributed by atoms with van der Waals surface area (Å²) in [7, 11) is 0. The first-order chi connectivity index (χ1) is 12.2. The molecule has 0 radical (unpaired) electrons. The summed E-state index contributed by atoms with van der Waals surface area (Å²) in [6.07, 6.45) is -5.37. The summed E-state index contributed by atoms with van der Waals surface area (Å²) in [4.78, 5) is 22.9. The lowest BCUT2D eigenvalue weighted by atomic mass is 9.99. The van der Waals surface area contributed by atoms with Gasteiger partial charge in [-0.2, -0.15) is 0 Å². The van der Waals surface area contributed by atoms with E-state index in [1.807, 2.05) is 0 Å². The summed E-state index contributed by atoms with van der Waals surface area (Å²) in [6.45, 7) is 2.07. The smallest absolute Gasteiger partial charge is 0.229 e. The zero-order chi connectivity index (χ0) is 19.4. The topological polar surface area (TPSA) is 134 Å². The number of ether oxygens (including phenoxy) is 2. The minimum absolute atomic E-state index is 0.0765. The van der Waals surface area contributed by atoms with Gasteiger partial charge in [0, 0.05) is 0 Å². The number of carbonyl (C=O) groups excluding carboxylic acids is 2. The molecule has 0 unspecified atom stereocenters. The fraction of sp³-hybridized carbons (Fsp3) is 0.444. The van der Waals surface area contributed by atoms with E-state index < -0.39 is 37.3 Å². The summed E-state index contributed by atoms with van der Waals surface area (Å²) >= 11 is 0. The zero-order valence-corrected chi connectivity index (χ0v) is 14.4. The highest BCUT2D eigenvalue weighted by atomic mass is 16.7. The molecule has 1 aliphatic rings. The maximum atomic E-state index is 11.4. The maximum Gasteiger partial charge on any atom is 0.229 e. The van der Waals surface area contributed by atoms with Crippen molar-refractivity contribution in [1.82, 2.24) is 0 Å². The van der Waals surface area contributed by atoms with Crippen molar-refractivity contribution in [2.45, 2.75) is 44.6 Å². The summed E-state index contributed by atoms with van der Waals surface area (Å²) in [6, 6.07) is 6.27. The molecule has 1 fully saturated rings. The molecular formula is C18H22O8. The third-order valence-corrected chi connectivity index (χ3v) is 4.05. The van der Waals surface area contributed by atoms with Crippen LogP contribution >= 0.6 is 0 Å². The lowest BCUT2D eigenvalue weighted by Crippen LogP contribution is -2.60. The number of Topliss-reactive ketones (excluding diaryl/α,β-unsaturated/α-hetero) is 2. The summed E-state index contributed by atoms with van der Waals surface area (Å²) in [5, 5.41) is 38.6. The molecule has 8 heteroatoms. The van der Waals surface area contributed by atoms with Crippen LogP contribution < -0.4 is 4.74 Å². The van der Waals surface area contributed by atoms with Gasteiger partial charge in [0.05, 0.1) is 12.2 Å². The number of hydrogen-bond donors (Lipinski definition) is 4. The Hall–Kier alpha value is -2.10. The van der Waals surface area contributed by atoms with Gasteiger partial charge < -0.3 is 29.9 Å². The van der Waals surface area contributed by atoms with E-state index in [0.717, 1.165) is 0 Å². The van der Waals surface area contributed by atoms with Crippen molar-refractivity contribution in [3.63, 3.8) is 0 Å². The number of hydrogen-bond acceptors (Lipinski definition) is 8. The largest absolute Gasteiger partial charge is 0.462 e. The molecule has 0 saturated carbocycles. The standard InChI is InChI=1S/C18H22O8/c1-9(20)13(10(2)21)7-11-3-5-12(6-4-11)25-18-17(24)16(23)15(22)14(8-19)26-18/h3-7,14-19,22-24H,8H2,1-2H3/t14-,15-,16+,17-,18-/m1/s1. The van der Waals surface area contributed by atoms with Gasteiger partial charge in [0.1, 0.15) is 30.2 Å². The molecule has 1 aromatic rings. The van der Waals surface area contributed by atoms with Gasteiger partial charge in [-0.15, -0.1) is 0 Å². The van der Waals surface area contributed by atoms with Crippen LogP contribution in [-0.2, 0) is 14.3 Å². The fourth-order valence-corrected chi connectivity index (χ4v) is 2.56. The number of benzene rings is 1. The van der Waals surface area contributed by atoms with Crippen LogP contribution in [0.3, 0.4) is 0 Å². The van der Waals surface area contributed by atoms with Gasteiger partial charge in [0.25, 0.3) is 0 Å². The number of carbonyl (C=O) groups is 2. The van der Waals surface area contributed by atoms with Crippen LogP contribution in [0.1, 0.15) is 19.4 Å². The second-order valence-electron chi connectivity index (χ2n) is 6.05. The van der Waals surface area contributed by atoms with E-state index in [0.29, 0.717) is 11.3 Å². The van der Waals surface area contributed by atoms with Gasteiger partial charge in [-0.3, -0.25) is 9.59 Å². The highest BCUT2D eigenvalue weighted by Crippen LogP contribution is 2.24. The van der Waals surface area contributed by atoms with Crippen molar-refractivity contribution < 1.29 is 39.5 Å². The molecule has 1 heterocycles. The minimum Gasteiger partial charge on any atom is -0.462 e. The van der Waals surface area contributed by atoms with E-state index in [-0.39, 0.29) is 17.1 Å². The Bertz CT molecular complexity index is 663. The molecule has 0 spiro atoms. The molecule has 26 heavy (non-hydrogen) atoms. The van der Waals surface area contributed by atoms with Gasteiger partial charge in [0.2, 0.25) is 6.29 Å². The van der Waals surface area contributed by atoms with E-state index in [9.17, 15) is 24.9 Å². The van der Waals surface area contributed by atoms with Crippen molar-refractivity contribution in [3.05, 3.63) is 35.4 Å². The lowest BCUT2D eigenvalue weighted by molar-refractivity contribution is -0.277. The monoisotopic (exact) mass is 366 g/mol. The average Bonchev–Trinajstić information content (AvgIpc) is 2.60. The third-order valence-electron chi connectivity index (χ3n) is 4.05. The fourth-order valence-electron chi connectivity index (χ4n) is 2.56. The lowest BCUT2D eigenvalue weighted by Gasteiger charge is -2.39. The number of allylic oxidation sites excluding steroid dienone is 1. The van der Waals surface area contributed by atoms with Crippen molar-refractivity contribution in [3.8, 4) is 5.75 Å².